The van der Waals surface area contributed by atoms with Crippen LogP contribution in [0.2, 0.25) is 0 Å². The Morgan fingerprint density at radius 1 is 1.53 bits per heavy atom. The molecule has 17 heavy (non-hydrogen) atoms. The van der Waals surface area contributed by atoms with Crippen molar-refractivity contribution in [1.82, 2.24) is 0 Å². The fourth-order valence-electron chi connectivity index (χ4n) is 1.46. The van der Waals surface area contributed by atoms with Crippen molar-refractivity contribution in [3.8, 4) is 0 Å². The highest BCUT2D eigenvalue weighted by Crippen LogP contribution is 2.28. The number of anilines is 1. The summed E-state index contributed by atoms with van der Waals surface area (Å²) in [4.78, 5) is 23.0. The molecule has 0 aliphatic carbocycles. The van der Waals surface area contributed by atoms with E-state index in [1.807, 2.05) is 0 Å². The van der Waals surface area contributed by atoms with Crippen molar-refractivity contribution in [2.45, 2.75) is 0 Å². The van der Waals surface area contributed by atoms with E-state index in [0.29, 0.717) is 18.8 Å². The molecule has 7 nitrogen and oxygen atoms in total. The molecule has 0 aliphatic rings. The number of hydrogen-bond donors (Lipinski definition) is 2. The van der Waals surface area contributed by atoms with Gasteiger partial charge in [-0.25, -0.2) is 0 Å². The first-order valence-electron chi connectivity index (χ1n) is 4.96. The zero-order valence-electron chi connectivity index (χ0n) is 9.42. The average Bonchev–Trinajstić information content (AvgIpc) is 2.28. The second-order valence-corrected chi connectivity index (χ2v) is 3.54. The van der Waals surface area contributed by atoms with E-state index >= 15 is 0 Å². The van der Waals surface area contributed by atoms with Gasteiger partial charge in [0.1, 0.15) is 5.69 Å². The largest absolute Gasteiger partial charge is 0.368 e. The van der Waals surface area contributed by atoms with Crippen molar-refractivity contribution in [2.75, 3.05) is 25.0 Å². The van der Waals surface area contributed by atoms with E-state index in [9.17, 15) is 14.9 Å². The van der Waals surface area contributed by atoms with Crippen LogP contribution in [-0.4, -0.2) is 31.0 Å². The Labute approximate surface area is 98.1 Å². The first-order chi connectivity index (χ1) is 7.97. The molecule has 1 amide bonds. The van der Waals surface area contributed by atoms with Crippen LogP contribution in [0.3, 0.4) is 0 Å². The van der Waals surface area contributed by atoms with Gasteiger partial charge in [0, 0.05) is 31.8 Å². The van der Waals surface area contributed by atoms with Crippen LogP contribution in [0.25, 0.3) is 0 Å². The molecule has 0 saturated heterocycles. The molecule has 0 saturated carbocycles. The number of carbonyl (C=O) groups excluding carboxylic acids is 1. The lowest BCUT2D eigenvalue weighted by Crippen LogP contribution is -2.25. The van der Waals surface area contributed by atoms with Gasteiger partial charge in [0.2, 0.25) is 5.91 Å². The fraction of sp³-hybridized carbons (Fsp3) is 0.300. The smallest absolute Gasteiger partial charge is 0.293 e. The van der Waals surface area contributed by atoms with Gasteiger partial charge in [-0.15, -0.1) is 0 Å². The number of amides is 1. The molecule has 0 radical (unpaired) electrons. The van der Waals surface area contributed by atoms with Crippen molar-refractivity contribution < 1.29 is 9.72 Å². The Balaban J connectivity index is 3.22. The highest BCUT2D eigenvalue weighted by atomic mass is 16.6. The maximum atomic E-state index is 10.9. The Hall–Kier alpha value is -2.15. The van der Waals surface area contributed by atoms with E-state index in [1.54, 1.807) is 11.9 Å². The van der Waals surface area contributed by atoms with Gasteiger partial charge in [-0.05, 0) is 12.1 Å². The highest BCUT2D eigenvalue weighted by Gasteiger charge is 2.18. The predicted octanol–water partition coefficient (Wildman–Crippen LogP) is 0.0886. The molecule has 0 atom stereocenters. The van der Waals surface area contributed by atoms with E-state index in [2.05, 4.69) is 0 Å². The number of nitro benzene ring substituents is 1. The molecule has 0 spiro atoms. The molecular weight excluding hydrogens is 224 g/mol. The summed E-state index contributed by atoms with van der Waals surface area (Å²) in [5, 5.41) is 10.9. The van der Waals surface area contributed by atoms with Crippen molar-refractivity contribution in [1.29, 1.82) is 0 Å². The lowest BCUT2D eigenvalue weighted by atomic mass is 10.1. The van der Waals surface area contributed by atoms with Crippen LogP contribution in [0.5, 0.6) is 0 Å². The number of likely N-dealkylation sites (N-methyl/N-ethyl adjacent to an activating group) is 1. The molecule has 1 rings (SSSR count). The van der Waals surface area contributed by atoms with Crippen LogP contribution in [0.1, 0.15) is 10.4 Å². The highest BCUT2D eigenvalue weighted by molar-refractivity contribution is 5.94. The van der Waals surface area contributed by atoms with E-state index in [-0.39, 0.29) is 11.3 Å². The molecule has 0 aliphatic heterocycles. The van der Waals surface area contributed by atoms with Gasteiger partial charge in [0.05, 0.1) is 4.92 Å². The van der Waals surface area contributed by atoms with Gasteiger partial charge in [-0.3, -0.25) is 14.9 Å². The molecule has 92 valence electrons. The van der Waals surface area contributed by atoms with Gasteiger partial charge in [-0.1, -0.05) is 0 Å². The van der Waals surface area contributed by atoms with Gasteiger partial charge in [-0.2, -0.15) is 0 Å². The van der Waals surface area contributed by atoms with Gasteiger partial charge in [0.25, 0.3) is 5.69 Å². The Bertz CT molecular complexity index is 447. The third-order valence-electron chi connectivity index (χ3n) is 2.33. The number of nitrogens with two attached hydrogens (primary N) is 2. The first kappa shape index (κ1) is 12.9. The molecule has 1 aromatic carbocycles. The summed E-state index contributed by atoms with van der Waals surface area (Å²) in [6.45, 7) is 0.863. The first-order valence-corrected chi connectivity index (χ1v) is 4.96. The van der Waals surface area contributed by atoms with Crippen molar-refractivity contribution in [2.24, 2.45) is 11.5 Å². The summed E-state index contributed by atoms with van der Waals surface area (Å²) in [5.41, 5.74) is 10.8. The third-order valence-corrected chi connectivity index (χ3v) is 2.33. The lowest BCUT2D eigenvalue weighted by Gasteiger charge is -2.18. The molecule has 0 aromatic heterocycles. The summed E-state index contributed by atoms with van der Waals surface area (Å²) >= 11 is 0. The number of hydrogen-bond acceptors (Lipinski definition) is 5. The van der Waals surface area contributed by atoms with Gasteiger partial charge in [0.15, 0.2) is 0 Å². The second-order valence-electron chi connectivity index (χ2n) is 3.54. The van der Waals surface area contributed by atoms with Gasteiger partial charge >= 0.3 is 0 Å². The molecule has 7 heteroatoms. The summed E-state index contributed by atoms with van der Waals surface area (Å²) in [5.74, 6) is -0.693. The quantitative estimate of drug-likeness (QED) is 0.557. The zero-order valence-corrected chi connectivity index (χ0v) is 9.42. The minimum absolute atomic E-state index is 0.113. The number of benzene rings is 1. The van der Waals surface area contributed by atoms with Crippen LogP contribution < -0.4 is 16.4 Å². The molecule has 0 bridgehead atoms. The molecule has 1 aromatic rings. The minimum Gasteiger partial charge on any atom is -0.368 e. The maximum absolute atomic E-state index is 10.9. The number of rotatable bonds is 5. The predicted molar refractivity (Wildman–Crippen MR) is 63.9 cm³/mol. The van der Waals surface area contributed by atoms with Crippen LogP contribution in [-0.2, 0) is 0 Å². The van der Waals surface area contributed by atoms with Crippen LogP contribution in [0, 0.1) is 10.1 Å². The topological polar surface area (TPSA) is 115 Å². The normalized spacial score (nSPS) is 10.0. The van der Waals surface area contributed by atoms with E-state index < -0.39 is 10.8 Å². The number of carbonyl (C=O) groups is 1. The van der Waals surface area contributed by atoms with E-state index in [4.69, 9.17) is 11.5 Å². The Morgan fingerprint density at radius 3 is 2.65 bits per heavy atom. The number of nitrogens with zero attached hydrogens (tertiary/aromatic N) is 2. The summed E-state index contributed by atoms with van der Waals surface area (Å²) in [7, 11) is 1.69. The molecule has 0 unspecified atom stereocenters. The Kier molecular flexibility index (Phi) is 4.00. The molecular formula is C10H14N4O3. The number of primary amides is 1. The third kappa shape index (κ3) is 2.91. The van der Waals surface area contributed by atoms with Crippen LogP contribution in [0.15, 0.2) is 18.2 Å². The van der Waals surface area contributed by atoms with Crippen molar-refractivity contribution >= 4 is 17.3 Å². The Morgan fingerprint density at radius 2 is 2.18 bits per heavy atom. The van der Waals surface area contributed by atoms with Crippen LogP contribution in [0.4, 0.5) is 11.4 Å². The fourth-order valence-corrected chi connectivity index (χ4v) is 1.46. The zero-order chi connectivity index (χ0) is 13.0. The van der Waals surface area contributed by atoms with Crippen molar-refractivity contribution in [3.05, 3.63) is 33.9 Å². The maximum Gasteiger partial charge on any atom is 0.293 e. The van der Waals surface area contributed by atoms with E-state index in [1.165, 1.54) is 18.2 Å². The van der Waals surface area contributed by atoms with Crippen molar-refractivity contribution in [3.63, 3.8) is 0 Å². The average molecular weight is 238 g/mol. The second kappa shape index (κ2) is 5.26. The number of nitro groups is 1. The summed E-state index contributed by atoms with van der Waals surface area (Å²) < 4.78 is 0. The minimum atomic E-state index is -0.693. The SMILES string of the molecule is CN(CCN)c1ccc(C(N)=O)cc1[N+](=O)[O-]. The summed E-state index contributed by atoms with van der Waals surface area (Å²) in [6, 6.07) is 4.12. The summed E-state index contributed by atoms with van der Waals surface area (Å²) in [6.07, 6.45) is 0. The van der Waals surface area contributed by atoms with Gasteiger partial charge < -0.3 is 16.4 Å². The standard InChI is InChI=1S/C10H14N4O3/c1-13(5-4-11)8-3-2-7(10(12)15)6-9(8)14(16)17/h2-3,6H,4-5,11H2,1H3,(H2,12,15). The molecule has 0 fully saturated rings. The molecule has 4 N–H and O–H groups in total. The molecule has 0 heterocycles. The lowest BCUT2D eigenvalue weighted by molar-refractivity contribution is -0.384. The van der Waals surface area contributed by atoms with E-state index in [0.717, 1.165) is 0 Å². The monoisotopic (exact) mass is 238 g/mol. The van der Waals surface area contributed by atoms with Crippen LogP contribution >= 0.6 is 0 Å².